The number of carboxylic acids is 1. The Morgan fingerprint density at radius 2 is 2.32 bits per heavy atom. The summed E-state index contributed by atoms with van der Waals surface area (Å²) in [5.41, 5.74) is 1.02. The number of aliphatic carboxylic acids is 1. The Hall–Kier alpha value is -1.59. The zero-order chi connectivity index (χ0) is 13.7. The zero-order valence-corrected chi connectivity index (χ0v) is 10.9. The first-order chi connectivity index (χ1) is 9.19. The lowest BCUT2D eigenvalue weighted by Gasteiger charge is -2.12. The van der Waals surface area contributed by atoms with E-state index >= 15 is 0 Å². The van der Waals surface area contributed by atoms with Crippen molar-refractivity contribution in [1.82, 2.24) is 0 Å². The van der Waals surface area contributed by atoms with E-state index in [9.17, 15) is 4.79 Å². The molecule has 2 atom stereocenters. The molecule has 1 N–H and O–H groups in total. The van der Waals surface area contributed by atoms with Crippen LogP contribution in [-0.4, -0.2) is 37.0 Å². The van der Waals surface area contributed by atoms with Crippen molar-refractivity contribution in [2.45, 2.75) is 31.7 Å². The van der Waals surface area contributed by atoms with Gasteiger partial charge in [0.1, 0.15) is 5.75 Å². The third kappa shape index (κ3) is 3.94. The van der Waals surface area contributed by atoms with Crippen LogP contribution in [0.2, 0.25) is 0 Å². The summed E-state index contributed by atoms with van der Waals surface area (Å²) in [6.45, 7) is 0.885. The molecule has 5 heteroatoms. The van der Waals surface area contributed by atoms with Gasteiger partial charge < -0.3 is 19.3 Å². The van der Waals surface area contributed by atoms with Gasteiger partial charge in [0.25, 0.3) is 0 Å². The summed E-state index contributed by atoms with van der Waals surface area (Å²) in [6, 6.07) is 7.65. The van der Waals surface area contributed by atoms with Gasteiger partial charge in [0.15, 0.2) is 6.10 Å². The van der Waals surface area contributed by atoms with Gasteiger partial charge in [-0.05, 0) is 30.5 Å². The first kappa shape index (κ1) is 13.8. The molecule has 1 heterocycles. The molecule has 1 aliphatic heterocycles. The molecule has 0 bridgehead atoms. The van der Waals surface area contributed by atoms with Gasteiger partial charge in [-0.25, -0.2) is 4.79 Å². The smallest absolute Gasteiger partial charge is 0.332 e. The lowest BCUT2D eigenvalue weighted by Crippen LogP contribution is -2.22. The largest absolute Gasteiger partial charge is 0.497 e. The van der Waals surface area contributed by atoms with Gasteiger partial charge in [-0.15, -0.1) is 0 Å². The van der Waals surface area contributed by atoms with Crippen molar-refractivity contribution in [3.63, 3.8) is 0 Å². The molecule has 1 aromatic carbocycles. The van der Waals surface area contributed by atoms with E-state index in [4.69, 9.17) is 19.3 Å². The highest BCUT2D eigenvalue weighted by Crippen LogP contribution is 2.20. The summed E-state index contributed by atoms with van der Waals surface area (Å²) in [6.07, 6.45) is 0.495. The van der Waals surface area contributed by atoms with E-state index in [0.717, 1.165) is 17.7 Å². The van der Waals surface area contributed by atoms with Gasteiger partial charge in [0.05, 0.1) is 26.4 Å². The minimum atomic E-state index is -0.893. The van der Waals surface area contributed by atoms with Crippen LogP contribution in [0.1, 0.15) is 18.4 Å². The minimum Gasteiger partial charge on any atom is -0.497 e. The second-order valence-electron chi connectivity index (χ2n) is 4.53. The van der Waals surface area contributed by atoms with Crippen LogP contribution >= 0.6 is 0 Å². The first-order valence-corrected chi connectivity index (χ1v) is 6.28. The van der Waals surface area contributed by atoms with Gasteiger partial charge >= 0.3 is 5.97 Å². The van der Waals surface area contributed by atoms with Crippen molar-refractivity contribution >= 4 is 5.97 Å². The fourth-order valence-corrected chi connectivity index (χ4v) is 2.08. The number of benzene rings is 1. The zero-order valence-electron chi connectivity index (χ0n) is 10.9. The summed E-state index contributed by atoms with van der Waals surface area (Å²) >= 11 is 0. The third-order valence-electron chi connectivity index (χ3n) is 3.09. The van der Waals surface area contributed by atoms with Crippen LogP contribution in [0.3, 0.4) is 0 Å². The average Bonchev–Trinajstić information content (AvgIpc) is 2.88. The molecule has 0 spiro atoms. The van der Waals surface area contributed by atoms with Crippen LogP contribution in [-0.2, 0) is 20.9 Å². The molecule has 1 aromatic rings. The van der Waals surface area contributed by atoms with Crippen LogP contribution in [0, 0.1) is 0 Å². The second kappa shape index (κ2) is 6.54. The Bertz CT molecular complexity index is 432. The SMILES string of the molecule is COc1cccc(COCC2CCC(C(=O)O)O2)c1. The summed E-state index contributed by atoms with van der Waals surface area (Å²) < 4.78 is 16.0. The lowest BCUT2D eigenvalue weighted by atomic mass is 10.2. The Kier molecular flexibility index (Phi) is 4.76. The molecule has 5 nitrogen and oxygen atoms in total. The molecule has 1 fully saturated rings. The first-order valence-electron chi connectivity index (χ1n) is 6.28. The van der Waals surface area contributed by atoms with E-state index in [1.807, 2.05) is 24.3 Å². The standard InChI is InChI=1S/C14H18O5/c1-17-11-4-2-3-10(7-11)8-18-9-12-5-6-13(19-12)14(15)16/h2-4,7,12-13H,5-6,8-9H2,1H3,(H,15,16). The molecular weight excluding hydrogens is 248 g/mol. The number of rotatable bonds is 6. The highest BCUT2D eigenvalue weighted by Gasteiger charge is 2.30. The topological polar surface area (TPSA) is 65.0 Å². The van der Waals surface area contributed by atoms with Crippen molar-refractivity contribution in [2.75, 3.05) is 13.7 Å². The van der Waals surface area contributed by atoms with Crippen molar-refractivity contribution < 1.29 is 24.1 Å². The van der Waals surface area contributed by atoms with Crippen LogP contribution in [0.25, 0.3) is 0 Å². The highest BCUT2D eigenvalue weighted by atomic mass is 16.6. The molecule has 19 heavy (non-hydrogen) atoms. The van der Waals surface area contributed by atoms with Crippen molar-refractivity contribution in [3.05, 3.63) is 29.8 Å². The van der Waals surface area contributed by atoms with Crippen molar-refractivity contribution in [1.29, 1.82) is 0 Å². The van der Waals surface area contributed by atoms with Gasteiger partial charge in [-0.2, -0.15) is 0 Å². The van der Waals surface area contributed by atoms with Crippen molar-refractivity contribution in [2.24, 2.45) is 0 Å². The second-order valence-corrected chi connectivity index (χ2v) is 4.53. The van der Waals surface area contributed by atoms with Crippen LogP contribution in [0.4, 0.5) is 0 Å². The van der Waals surface area contributed by atoms with Crippen LogP contribution < -0.4 is 4.74 Å². The predicted molar refractivity (Wildman–Crippen MR) is 68.2 cm³/mol. The lowest BCUT2D eigenvalue weighted by molar-refractivity contribution is -0.150. The quantitative estimate of drug-likeness (QED) is 0.851. The van der Waals surface area contributed by atoms with Crippen LogP contribution in [0.5, 0.6) is 5.75 Å². The minimum absolute atomic E-state index is 0.119. The number of ether oxygens (including phenoxy) is 3. The molecule has 104 valence electrons. The van der Waals surface area contributed by atoms with Gasteiger partial charge in [0.2, 0.25) is 0 Å². The molecule has 0 saturated carbocycles. The normalized spacial score (nSPS) is 22.4. The van der Waals surface area contributed by atoms with Crippen molar-refractivity contribution in [3.8, 4) is 5.75 Å². The number of carboxylic acid groups (broad SMARTS) is 1. The molecule has 2 unspecified atom stereocenters. The Morgan fingerprint density at radius 3 is 3.00 bits per heavy atom. The van der Waals surface area contributed by atoms with Crippen LogP contribution in [0.15, 0.2) is 24.3 Å². The third-order valence-corrected chi connectivity index (χ3v) is 3.09. The van der Waals surface area contributed by atoms with E-state index in [0.29, 0.717) is 19.6 Å². The van der Waals surface area contributed by atoms with E-state index < -0.39 is 12.1 Å². The summed E-state index contributed by atoms with van der Waals surface area (Å²) in [5.74, 6) is -0.0977. The molecule has 1 saturated heterocycles. The average molecular weight is 266 g/mol. The monoisotopic (exact) mass is 266 g/mol. The summed E-state index contributed by atoms with van der Waals surface area (Å²) in [4.78, 5) is 10.7. The molecule has 2 rings (SSSR count). The maximum atomic E-state index is 10.7. The molecule has 0 amide bonds. The maximum Gasteiger partial charge on any atom is 0.332 e. The number of methoxy groups -OCH3 is 1. The van der Waals surface area contributed by atoms with E-state index in [-0.39, 0.29) is 6.10 Å². The number of carbonyl (C=O) groups is 1. The Morgan fingerprint density at radius 1 is 1.47 bits per heavy atom. The maximum absolute atomic E-state index is 10.7. The predicted octanol–water partition coefficient (Wildman–Crippen LogP) is 1.84. The Labute approximate surface area is 112 Å². The Balaban J connectivity index is 1.73. The molecule has 0 radical (unpaired) electrons. The highest BCUT2D eigenvalue weighted by molar-refractivity contribution is 5.72. The van der Waals surface area contributed by atoms with Gasteiger partial charge in [-0.3, -0.25) is 0 Å². The van der Waals surface area contributed by atoms with E-state index in [1.165, 1.54) is 0 Å². The van der Waals surface area contributed by atoms with Gasteiger partial charge in [-0.1, -0.05) is 12.1 Å². The van der Waals surface area contributed by atoms with E-state index in [1.54, 1.807) is 7.11 Å². The molecule has 1 aliphatic rings. The fourth-order valence-electron chi connectivity index (χ4n) is 2.08. The molecular formula is C14H18O5. The van der Waals surface area contributed by atoms with E-state index in [2.05, 4.69) is 0 Å². The summed E-state index contributed by atoms with van der Waals surface area (Å²) in [7, 11) is 1.62. The fraction of sp³-hybridized carbons (Fsp3) is 0.500. The number of hydrogen-bond acceptors (Lipinski definition) is 4. The van der Waals surface area contributed by atoms with Gasteiger partial charge in [0, 0.05) is 0 Å². The molecule has 0 aromatic heterocycles. The molecule has 0 aliphatic carbocycles. The number of hydrogen-bond donors (Lipinski definition) is 1. The summed E-state index contributed by atoms with van der Waals surface area (Å²) in [5, 5.41) is 8.81.